The maximum atomic E-state index is 11.6. The van der Waals surface area contributed by atoms with Gasteiger partial charge < -0.3 is 4.90 Å². The van der Waals surface area contributed by atoms with Gasteiger partial charge in [-0.25, -0.2) is 8.42 Å². The van der Waals surface area contributed by atoms with E-state index in [4.69, 9.17) is 0 Å². The predicted octanol–water partition coefficient (Wildman–Crippen LogP) is 2.01. The second-order valence-corrected chi connectivity index (χ2v) is 6.45. The van der Waals surface area contributed by atoms with Gasteiger partial charge in [0.25, 0.3) is 0 Å². The number of likely N-dealkylation sites (N-methyl/N-ethyl adjacent to an activating group) is 1. The zero-order valence-electron chi connectivity index (χ0n) is 11.1. The molecule has 0 aliphatic heterocycles. The van der Waals surface area contributed by atoms with Crippen LogP contribution in [0.15, 0.2) is 35.2 Å². The molecule has 0 spiro atoms. The second kappa shape index (κ2) is 5.40. The van der Waals surface area contributed by atoms with Crippen molar-refractivity contribution in [3.05, 3.63) is 40.5 Å². The Morgan fingerprint density at radius 2 is 2.05 bits per heavy atom. The van der Waals surface area contributed by atoms with Crippen molar-refractivity contribution in [1.29, 1.82) is 0 Å². The fourth-order valence-corrected chi connectivity index (χ4v) is 2.65. The number of nitro groups is 1. The fourth-order valence-electron chi connectivity index (χ4n) is 1.79. The van der Waals surface area contributed by atoms with Crippen LogP contribution in [-0.2, 0) is 9.84 Å². The van der Waals surface area contributed by atoms with Crippen LogP contribution in [0.25, 0.3) is 0 Å². The SMILES string of the molecule is C=C(C)CN(C)c1cccc(S(C)(=O)=O)c1[N+](=O)[O-]. The minimum absolute atomic E-state index is 0.260. The summed E-state index contributed by atoms with van der Waals surface area (Å²) >= 11 is 0. The first-order valence-corrected chi connectivity index (χ1v) is 7.36. The van der Waals surface area contributed by atoms with E-state index in [1.807, 2.05) is 0 Å². The Morgan fingerprint density at radius 3 is 2.47 bits per heavy atom. The fraction of sp³-hybridized carbons (Fsp3) is 0.333. The van der Waals surface area contributed by atoms with E-state index in [9.17, 15) is 18.5 Å². The molecule has 104 valence electrons. The lowest BCUT2D eigenvalue weighted by atomic mass is 10.2. The standard InChI is InChI=1S/C12H16N2O4S/c1-9(2)8-13(3)10-6-5-7-11(19(4,17)18)12(10)14(15)16/h5-7H,1,8H2,2-4H3. The van der Waals surface area contributed by atoms with E-state index >= 15 is 0 Å². The number of anilines is 1. The van der Waals surface area contributed by atoms with Gasteiger partial charge in [-0.15, -0.1) is 0 Å². The lowest BCUT2D eigenvalue weighted by molar-refractivity contribution is -0.387. The average Bonchev–Trinajstić information content (AvgIpc) is 2.25. The quantitative estimate of drug-likeness (QED) is 0.469. The minimum Gasteiger partial charge on any atom is -0.365 e. The molecule has 0 saturated carbocycles. The highest BCUT2D eigenvalue weighted by atomic mass is 32.2. The summed E-state index contributed by atoms with van der Waals surface area (Å²) in [6, 6.07) is 4.26. The molecule has 0 atom stereocenters. The Balaban J connectivity index is 3.49. The Labute approximate surface area is 112 Å². The van der Waals surface area contributed by atoms with E-state index in [1.165, 1.54) is 18.2 Å². The minimum atomic E-state index is -3.65. The number of rotatable bonds is 5. The van der Waals surface area contributed by atoms with Gasteiger partial charge in [0.05, 0.1) is 4.92 Å². The van der Waals surface area contributed by atoms with Crippen LogP contribution in [0.5, 0.6) is 0 Å². The highest BCUT2D eigenvalue weighted by Crippen LogP contribution is 2.34. The molecule has 0 aliphatic carbocycles. The average molecular weight is 284 g/mol. The van der Waals surface area contributed by atoms with Crippen LogP contribution >= 0.6 is 0 Å². The maximum Gasteiger partial charge on any atom is 0.311 e. The Morgan fingerprint density at radius 1 is 1.47 bits per heavy atom. The van der Waals surface area contributed by atoms with Gasteiger partial charge in [-0.05, 0) is 19.1 Å². The molecule has 0 unspecified atom stereocenters. The molecule has 0 saturated heterocycles. The predicted molar refractivity (Wildman–Crippen MR) is 74.3 cm³/mol. The molecule has 0 fully saturated rings. The first-order chi connectivity index (χ1) is 8.64. The van der Waals surface area contributed by atoms with Crippen LogP contribution in [0.4, 0.5) is 11.4 Å². The molecule has 1 rings (SSSR count). The third kappa shape index (κ3) is 3.54. The van der Waals surface area contributed by atoms with Crippen LogP contribution in [0, 0.1) is 10.1 Å². The summed E-state index contributed by atoms with van der Waals surface area (Å²) < 4.78 is 23.2. The van der Waals surface area contributed by atoms with Crippen molar-refractivity contribution in [2.24, 2.45) is 0 Å². The molecule has 0 bridgehead atoms. The summed E-state index contributed by atoms with van der Waals surface area (Å²) in [6.45, 7) is 5.94. The third-order valence-corrected chi connectivity index (χ3v) is 3.61. The van der Waals surface area contributed by atoms with Gasteiger partial charge >= 0.3 is 5.69 Å². The van der Waals surface area contributed by atoms with Gasteiger partial charge in [-0.2, -0.15) is 0 Å². The molecule has 6 nitrogen and oxygen atoms in total. The lowest BCUT2D eigenvalue weighted by Crippen LogP contribution is -2.21. The van der Waals surface area contributed by atoms with Crippen LogP contribution in [0.2, 0.25) is 0 Å². The van der Waals surface area contributed by atoms with Crippen LogP contribution < -0.4 is 4.90 Å². The van der Waals surface area contributed by atoms with Crippen molar-refractivity contribution in [1.82, 2.24) is 0 Å². The monoisotopic (exact) mass is 284 g/mol. The van der Waals surface area contributed by atoms with Crippen molar-refractivity contribution in [2.75, 3.05) is 24.7 Å². The van der Waals surface area contributed by atoms with E-state index < -0.39 is 20.4 Å². The highest BCUT2D eigenvalue weighted by Gasteiger charge is 2.27. The summed E-state index contributed by atoms with van der Waals surface area (Å²) in [7, 11) is -2.00. The number of nitrogens with zero attached hydrogens (tertiary/aromatic N) is 2. The van der Waals surface area contributed by atoms with Gasteiger partial charge in [-0.3, -0.25) is 10.1 Å². The normalized spacial score (nSPS) is 11.1. The van der Waals surface area contributed by atoms with Gasteiger partial charge in [0.1, 0.15) is 10.6 Å². The molecule has 1 aromatic carbocycles. The van der Waals surface area contributed by atoms with Crippen LogP contribution in [0.3, 0.4) is 0 Å². The third-order valence-electron chi connectivity index (χ3n) is 2.48. The van der Waals surface area contributed by atoms with Crippen molar-refractivity contribution < 1.29 is 13.3 Å². The molecule has 1 aromatic rings. The number of para-hydroxylation sites is 1. The Bertz CT molecular complexity index is 623. The molecule has 19 heavy (non-hydrogen) atoms. The van der Waals surface area contributed by atoms with E-state index in [0.717, 1.165) is 11.8 Å². The summed E-state index contributed by atoms with van der Waals surface area (Å²) in [4.78, 5) is 11.8. The summed E-state index contributed by atoms with van der Waals surface area (Å²) in [6.07, 6.45) is 0.956. The first-order valence-electron chi connectivity index (χ1n) is 5.47. The van der Waals surface area contributed by atoms with Gasteiger partial charge in [0.2, 0.25) is 0 Å². The number of nitro benzene ring substituents is 1. The molecule has 0 aliphatic rings. The second-order valence-electron chi connectivity index (χ2n) is 4.47. The van der Waals surface area contributed by atoms with E-state index in [-0.39, 0.29) is 10.6 Å². The van der Waals surface area contributed by atoms with Crippen LogP contribution in [-0.4, -0.2) is 33.2 Å². The topological polar surface area (TPSA) is 80.5 Å². The van der Waals surface area contributed by atoms with E-state index in [2.05, 4.69) is 6.58 Å². The Kier molecular flexibility index (Phi) is 4.31. The summed E-state index contributed by atoms with van der Waals surface area (Å²) in [5.41, 5.74) is 0.686. The highest BCUT2D eigenvalue weighted by molar-refractivity contribution is 7.90. The Hall–Kier alpha value is -1.89. The molecular formula is C12H16N2O4S. The summed E-state index contributed by atoms with van der Waals surface area (Å²) in [5, 5.41) is 11.2. The largest absolute Gasteiger partial charge is 0.365 e. The molecule has 0 heterocycles. The van der Waals surface area contributed by atoms with E-state index in [0.29, 0.717) is 6.54 Å². The van der Waals surface area contributed by atoms with Crippen molar-refractivity contribution in [2.45, 2.75) is 11.8 Å². The summed E-state index contributed by atoms with van der Waals surface area (Å²) in [5.74, 6) is 0. The smallest absolute Gasteiger partial charge is 0.311 e. The number of benzene rings is 1. The van der Waals surface area contributed by atoms with Gasteiger partial charge in [0, 0.05) is 19.8 Å². The van der Waals surface area contributed by atoms with Gasteiger partial charge in [0.15, 0.2) is 9.84 Å². The molecular weight excluding hydrogens is 268 g/mol. The molecule has 7 heteroatoms. The zero-order valence-corrected chi connectivity index (χ0v) is 11.9. The van der Waals surface area contributed by atoms with Crippen molar-refractivity contribution >= 4 is 21.2 Å². The molecule has 0 N–H and O–H groups in total. The number of hydrogen-bond donors (Lipinski definition) is 0. The maximum absolute atomic E-state index is 11.6. The first kappa shape index (κ1) is 15.2. The molecule has 0 aromatic heterocycles. The molecule has 0 amide bonds. The van der Waals surface area contributed by atoms with Crippen molar-refractivity contribution in [3.8, 4) is 0 Å². The lowest BCUT2D eigenvalue weighted by Gasteiger charge is -2.19. The number of sulfone groups is 1. The van der Waals surface area contributed by atoms with Crippen molar-refractivity contribution in [3.63, 3.8) is 0 Å². The van der Waals surface area contributed by atoms with E-state index in [1.54, 1.807) is 18.9 Å². The zero-order chi connectivity index (χ0) is 14.8. The van der Waals surface area contributed by atoms with Gasteiger partial charge in [-0.1, -0.05) is 18.2 Å². The molecule has 0 radical (unpaired) electrons. The van der Waals surface area contributed by atoms with Crippen LogP contribution in [0.1, 0.15) is 6.92 Å². The number of hydrogen-bond acceptors (Lipinski definition) is 5.